The number of anilines is 1. The Bertz CT molecular complexity index is 934. The molecule has 0 aliphatic heterocycles. The second kappa shape index (κ2) is 7.14. The summed E-state index contributed by atoms with van der Waals surface area (Å²) >= 11 is 2.92. The van der Waals surface area contributed by atoms with Crippen LogP contribution in [-0.2, 0) is 10.5 Å². The maximum absolute atomic E-state index is 12.2. The van der Waals surface area contributed by atoms with E-state index in [1.54, 1.807) is 24.5 Å². The van der Waals surface area contributed by atoms with Crippen molar-refractivity contribution in [1.82, 2.24) is 15.0 Å². The zero-order valence-electron chi connectivity index (χ0n) is 13.3. The van der Waals surface area contributed by atoms with E-state index in [1.807, 2.05) is 13.8 Å². The fourth-order valence-corrected chi connectivity index (χ4v) is 3.98. The first-order valence-corrected chi connectivity index (χ1v) is 9.28. The third kappa shape index (κ3) is 3.65. The highest BCUT2D eigenvalue weighted by Crippen LogP contribution is 2.26. The first-order chi connectivity index (χ1) is 11.5. The van der Waals surface area contributed by atoms with Gasteiger partial charge in [0.1, 0.15) is 10.7 Å². The number of rotatable bonds is 5. The van der Waals surface area contributed by atoms with E-state index in [1.165, 1.54) is 23.1 Å². The number of carbonyl (C=O) groups excluding carboxylic acids is 1. The molecular formula is C16H16N4O2S2. The van der Waals surface area contributed by atoms with Crippen LogP contribution in [-0.4, -0.2) is 26.6 Å². The summed E-state index contributed by atoms with van der Waals surface area (Å²) in [5.41, 5.74) is 1.54. The van der Waals surface area contributed by atoms with Crippen molar-refractivity contribution in [3.05, 3.63) is 51.1 Å². The van der Waals surface area contributed by atoms with E-state index in [0.29, 0.717) is 22.7 Å². The van der Waals surface area contributed by atoms with Crippen LogP contribution in [0.2, 0.25) is 0 Å². The van der Waals surface area contributed by atoms with E-state index in [-0.39, 0.29) is 17.2 Å². The summed E-state index contributed by atoms with van der Waals surface area (Å²) in [4.78, 5) is 37.2. The average Bonchev–Trinajstić information content (AvgIpc) is 2.83. The molecule has 0 spiro atoms. The van der Waals surface area contributed by atoms with Gasteiger partial charge in [0, 0.05) is 11.1 Å². The number of hydrogen-bond donors (Lipinski definition) is 2. The van der Waals surface area contributed by atoms with E-state index < -0.39 is 0 Å². The zero-order chi connectivity index (χ0) is 17.1. The highest BCUT2D eigenvalue weighted by Gasteiger charge is 2.12. The van der Waals surface area contributed by atoms with Gasteiger partial charge < -0.3 is 10.3 Å². The van der Waals surface area contributed by atoms with Gasteiger partial charge in [-0.1, -0.05) is 0 Å². The molecule has 0 saturated heterocycles. The molecule has 0 aliphatic rings. The van der Waals surface area contributed by atoms with Gasteiger partial charge in [-0.25, -0.2) is 4.98 Å². The van der Waals surface area contributed by atoms with Crippen molar-refractivity contribution >= 4 is 44.9 Å². The van der Waals surface area contributed by atoms with Gasteiger partial charge in [0.25, 0.3) is 5.56 Å². The lowest BCUT2D eigenvalue weighted by molar-refractivity contribution is -0.113. The Morgan fingerprint density at radius 1 is 1.42 bits per heavy atom. The zero-order valence-corrected chi connectivity index (χ0v) is 14.9. The average molecular weight is 360 g/mol. The van der Waals surface area contributed by atoms with Crippen molar-refractivity contribution in [2.24, 2.45) is 0 Å². The summed E-state index contributed by atoms with van der Waals surface area (Å²) < 4.78 is 0. The molecule has 0 radical (unpaired) electrons. The smallest absolute Gasteiger partial charge is 0.259 e. The molecule has 0 aromatic carbocycles. The Morgan fingerprint density at radius 3 is 3.00 bits per heavy atom. The molecule has 3 rings (SSSR count). The number of thiophene rings is 1. The minimum Gasteiger partial charge on any atom is -0.324 e. The van der Waals surface area contributed by atoms with Crippen molar-refractivity contribution in [2.45, 2.75) is 19.6 Å². The van der Waals surface area contributed by atoms with Crippen LogP contribution in [0.1, 0.15) is 16.3 Å². The lowest BCUT2D eigenvalue weighted by atomic mass is 10.2. The van der Waals surface area contributed by atoms with E-state index in [2.05, 4.69) is 20.3 Å². The van der Waals surface area contributed by atoms with Gasteiger partial charge in [-0.3, -0.25) is 14.6 Å². The molecule has 24 heavy (non-hydrogen) atoms. The summed E-state index contributed by atoms with van der Waals surface area (Å²) in [6.45, 7) is 3.92. The predicted molar refractivity (Wildman–Crippen MR) is 98.7 cm³/mol. The third-order valence-corrected chi connectivity index (χ3v) is 5.55. The number of aromatic amines is 1. The topological polar surface area (TPSA) is 87.7 Å². The van der Waals surface area contributed by atoms with Crippen LogP contribution in [0.15, 0.2) is 29.3 Å². The largest absolute Gasteiger partial charge is 0.324 e. The van der Waals surface area contributed by atoms with Gasteiger partial charge in [-0.15, -0.1) is 23.1 Å². The molecule has 0 unspecified atom stereocenters. The molecule has 0 bridgehead atoms. The predicted octanol–water partition coefficient (Wildman–Crippen LogP) is 2.87. The lowest BCUT2D eigenvalue weighted by Crippen LogP contribution is -2.15. The Labute approximate surface area is 146 Å². The minimum absolute atomic E-state index is 0.112. The second-order valence-corrected chi connectivity index (χ2v) is 7.45. The van der Waals surface area contributed by atoms with Crippen molar-refractivity contribution in [1.29, 1.82) is 0 Å². The van der Waals surface area contributed by atoms with E-state index in [9.17, 15) is 9.59 Å². The molecule has 3 aromatic rings. The Kier molecular flexibility index (Phi) is 4.96. The highest BCUT2D eigenvalue weighted by atomic mass is 32.2. The molecular weight excluding hydrogens is 344 g/mol. The Hall–Kier alpha value is -2.19. The van der Waals surface area contributed by atoms with Gasteiger partial charge in [0.2, 0.25) is 5.91 Å². The number of thioether (sulfide) groups is 1. The molecule has 0 atom stereocenters. The fourth-order valence-electron chi connectivity index (χ4n) is 2.24. The SMILES string of the molecule is Cc1sc2nc(CSCC(=O)Nc3cccnc3)[nH]c(=O)c2c1C. The van der Waals surface area contributed by atoms with Gasteiger partial charge in [0.15, 0.2) is 0 Å². The Balaban J connectivity index is 1.62. The first kappa shape index (κ1) is 16.7. The molecule has 124 valence electrons. The molecule has 0 fully saturated rings. The number of nitrogens with one attached hydrogen (secondary N) is 2. The molecule has 3 heterocycles. The first-order valence-electron chi connectivity index (χ1n) is 7.31. The van der Waals surface area contributed by atoms with Crippen LogP contribution >= 0.6 is 23.1 Å². The van der Waals surface area contributed by atoms with Crippen molar-refractivity contribution in [3.63, 3.8) is 0 Å². The molecule has 1 amide bonds. The summed E-state index contributed by atoms with van der Waals surface area (Å²) in [6.07, 6.45) is 3.24. The number of aromatic nitrogens is 3. The Morgan fingerprint density at radius 2 is 2.25 bits per heavy atom. The van der Waals surface area contributed by atoms with Crippen LogP contribution < -0.4 is 10.9 Å². The molecule has 8 heteroatoms. The lowest BCUT2D eigenvalue weighted by Gasteiger charge is -2.04. The molecule has 0 aliphatic carbocycles. The van der Waals surface area contributed by atoms with Gasteiger partial charge in [-0.05, 0) is 31.5 Å². The van der Waals surface area contributed by atoms with Crippen LogP contribution in [0.25, 0.3) is 10.2 Å². The quantitative estimate of drug-likeness (QED) is 0.730. The number of pyridine rings is 1. The number of fused-ring (bicyclic) bond motifs is 1. The number of amides is 1. The van der Waals surface area contributed by atoms with Crippen molar-refractivity contribution in [3.8, 4) is 0 Å². The van der Waals surface area contributed by atoms with Crippen LogP contribution in [0, 0.1) is 13.8 Å². The van der Waals surface area contributed by atoms with Crippen LogP contribution in [0.3, 0.4) is 0 Å². The van der Waals surface area contributed by atoms with Gasteiger partial charge in [-0.2, -0.15) is 0 Å². The number of hydrogen-bond acceptors (Lipinski definition) is 6. The number of nitrogens with zero attached hydrogens (tertiary/aromatic N) is 2. The van der Waals surface area contributed by atoms with Crippen molar-refractivity contribution < 1.29 is 4.79 Å². The maximum Gasteiger partial charge on any atom is 0.259 e. The highest BCUT2D eigenvalue weighted by molar-refractivity contribution is 7.99. The van der Waals surface area contributed by atoms with Crippen LogP contribution in [0.5, 0.6) is 0 Å². The fraction of sp³-hybridized carbons (Fsp3) is 0.250. The molecule has 2 N–H and O–H groups in total. The molecule has 0 saturated carbocycles. The van der Waals surface area contributed by atoms with Gasteiger partial charge >= 0.3 is 0 Å². The van der Waals surface area contributed by atoms with Gasteiger partial charge in [0.05, 0.1) is 28.8 Å². The molecule has 3 aromatic heterocycles. The number of carbonyl (C=O) groups is 1. The van der Waals surface area contributed by atoms with E-state index in [0.717, 1.165) is 15.3 Å². The second-order valence-electron chi connectivity index (χ2n) is 5.26. The number of aryl methyl sites for hydroxylation is 2. The normalized spacial score (nSPS) is 10.9. The minimum atomic E-state index is -0.114. The summed E-state index contributed by atoms with van der Waals surface area (Å²) in [5.74, 6) is 1.23. The number of H-pyrrole nitrogens is 1. The standard InChI is InChI=1S/C16H16N4O2S2/c1-9-10(2)24-16-14(9)15(22)19-12(20-16)7-23-8-13(21)18-11-4-3-5-17-6-11/h3-6H,7-8H2,1-2H3,(H,18,21)(H,19,20,22). The van der Waals surface area contributed by atoms with E-state index >= 15 is 0 Å². The van der Waals surface area contributed by atoms with Crippen LogP contribution in [0.4, 0.5) is 5.69 Å². The third-order valence-electron chi connectivity index (χ3n) is 3.51. The summed E-state index contributed by atoms with van der Waals surface area (Å²) in [7, 11) is 0. The summed E-state index contributed by atoms with van der Waals surface area (Å²) in [5, 5.41) is 3.43. The maximum atomic E-state index is 12.2. The monoisotopic (exact) mass is 360 g/mol. The van der Waals surface area contributed by atoms with Crippen molar-refractivity contribution in [2.75, 3.05) is 11.1 Å². The summed E-state index contributed by atoms with van der Waals surface area (Å²) in [6, 6.07) is 3.54. The van der Waals surface area contributed by atoms with E-state index in [4.69, 9.17) is 0 Å². The molecule has 6 nitrogen and oxygen atoms in total.